The number of benzene rings is 1. The maximum Gasteiger partial charge on any atom is 0.270 e. The molecule has 1 amide bonds. The van der Waals surface area contributed by atoms with Crippen molar-refractivity contribution >= 4 is 11.6 Å². The van der Waals surface area contributed by atoms with Crippen LogP contribution in [-0.4, -0.2) is 20.4 Å². The number of amides is 1. The predicted octanol–water partition coefficient (Wildman–Crippen LogP) is 2.80. The normalized spacial score (nSPS) is 10.2. The van der Waals surface area contributed by atoms with Crippen LogP contribution in [0.3, 0.4) is 0 Å². The maximum atomic E-state index is 12.9. The Kier molecular flexibility index (Phi) is 6.06. The third-order valence-electron chi connectivity index (χ3n) is 3.66. The lowest BCUT2D eigenvalue weighted by atomic mass is 10.2. The Hall–Kier alpha value is -3.22. The summed E-state index contributed by atoms with van der Waals surface area (Å²) in [6.07, 6.45) is 2.59. The van der Waals surface area contributed by atoms with Crippen molar-refractivity contribution in [3.05, 3.63) is 75.6 Å². The molecule has 7 heteroatoms. The van der Waals surface area contributed by atoms with E-state index < -0.39 is 11.5 Å². The molecular formula is C19H20FN3O3. The number of halogens is 1. The minimum atomic E-state index is -0.591. The van der Waals surface area contributed by atoms with Crippen LogP contribution in [0, 0.1) is 12.7 Å². The maximum absolute atomic E-state index is 12.9. The molecule has 0 atom stereocenters. The van der Waals surface area contributed by atoms with Gasteiger partial charge in [-0.15, -0.1) is 0 Å². The fourth-order valence-electron chi connectivity index (χ4n) is 2.26. The number of carbonyl (C=O) groups is 1. The quantitative estimate of drug-likeness (QED) is 0.755. The van der Waals surface area contributed by atoms with Gasteiger partial charge in [-0.1, -0.05) is 26.0 Å². The first-order valence-corrected chi connectivity index (χ1v) is 8.20. The zero-order valence-electron chi connectivity index (χ0n) is 14.8. The Balaban J connectivity index is 0.00000117. The molecule has 0 bridgehead atoms. The Morgan fingerprint density at radius 3 is 2.54 bits per heavy atom. The molecule has 3 rings (SSSR count). The van der Waals surface area contributed by atoms with Crippen molar-refractivity contribution in [3.8, 4) is 5.75 Å². The number of pyridine rings is 1. The number of nitrogens with one attached hydrogen (secondary N) is 1. The van der Waals surface area contributed by atoms with Gasteiger partial charge in [0.1, 0.15) is 11.4 Å². The molecule has 0 radical (unpaired) electrons. The van der Waals surface area contributed by atoms with E-state index in [1.165, 1.54) is 18.3 Å². The van der Waals surface area contributed by atoms with Gasteiger partial charge < -0.3 is 10.4 Å². The molecule has 0 unspecified atom stereocenters. The van der Waals surface area contributed by atoms with Gasteiger partial charge in [-0.2, -0.15) is 0 Å². The van der Waals surface area contributed by atoms with Crippen molar-refractivity contribution in [2.45, 2.75) is 27.3 Å². The van der Waals surface area contributed by atoms with Gasteiger partial charge in [-0.25, -0.2) is 9.37 Å². The highest BCUT2D eigenvalue weighted by Crippen LogP contribution is 2.19. The molecule has 2 aromatic heterocycles. The molecule has 0 aliphatic rings. The second-order valence-electron chi connectivity index (χ2n) is 5.33. The molecular weight excluding hydrogens is 337 g/mol. The highest BCUT2D eigenvalue weighted by molar-refractivity contribution is 5.93. The standard InChI is InChI=1S/C17H14FN3O3.C2H6/c1-10-6-7-21-15(14(10)22)19-9-13(17(21)24)16(23)20-8-11-2-4-12(18)5-3-11;1-2/h2-7,9,22H,8H2,1H3,(H,20,23);1-2H3. The summed E-state index contributed by atoms with van der Waals surface area (Å²) in [6, 6.07) is 7.23. The summed E-state index contributed by atoms with van der Waals surface area (Å²) >= 11 is 0. The summed E-state index contributed by atoms with van der Waals surface area (Å²) < 4.78 is 14.0. The van der Waals surface area contributed by atoms with Gasteiger partial charge in [-0.05, 0) is 36.2 Å². The fourth-order valence-corrected chi connectivity index (χ4v) is 2.26. The predicted molar refractivity (Wildman–Crippen MR) is 96.8 cm³/mol. The van der Waals surface area contributed by atoms with E-state index in [9.17, 15) is 19.1 Å². The van der Waals surface area contributed by atoms with Crippen LogP contribution in [0.4, 0.5) is 4.39 Å². The number of hydrogen-bond donors (Lipinski definition) is 2. The number of aromatic hydroxyl groups is 1. The summed E-state index contributed by atoms with van der Waals surface area (Å²) in [5, 5.41) is 12.5. The highest BCUT2D eigenvalue weighted by Gasteiger charge is 2.15. The highest BCUT2D eigenvalue weighted by atomic mass is 19.1. The third kappa shape index (κ3) is 3.88. The monoisotopic (exact) mass is 357 g/mol. The SMILES string of the molecule is CC.Cc1ccn2c(=O)c(C(=O)NCc3ccc(F)cc3)cnc2c1O. The van der Waals surface area contributed by atoms with Gasteiger partial charge in [0.25, 0.3) is 11.5 Å². The number of aryl methyl sites for hydroxylation is 1. The first kappa shape index (κ1) is 19.1. The molecule has 0 aliphatic heterocycles. The lowest BCUT2D eigenvalue weighted by Gasteiger charge is -2.08. The van der Waals surface area contributed by atoms with Gasteiger partial charge in [0, 0.05) is 18.9 Å². The zero-order chi connectivity index (χ0) is 19.3. The fraction of sp³-hybridized carbons (Fsp3) is 0.211. The zero-order valence-corrected chi connectivity index (χ0v) is 14.8. The van der Waals surface area contributed by atoms with Crippen LogP contribution in [0.1, 0.15) is 35.3 Å². The van der Waals surface area contributed by atoms with Crippen molar-refractivity contribution in [2.24, 2.45) is 0 Å². The van der Waals surface area contributed by atoms with E-state index in [1.54, 1.807) is 25.1 Å². The second-order valence-corrected chi connectivity index (χ2v) is 5.33. The first-order valence-electron chi connectivity index (χ1n) is 8.20. The number of carbonyl (C=O) groups excluding carboxylic acids is 1. The van der Waals surface area contributed by atoms with Crippen LogP contribution >= 0.6 is 0 Å². The van der Waals surface area contributed by atoms with E-state index in [1.807, 2.05) is 13.8 Å². The number of fused-ring (bicyclic) bond motifs is 1. The Morgan fingerprint density at radius 2 is 1.88 bits per heavy atom. The van der Waals surface area contributed by atoms with Gasteiger partial charge in [-0.3, -0.25) is 14.0 Å². The van der Waals surface area contributed by atoms with Crippen LogP contribution in [0.2, 0.25) is 0 Å². The molecule has 1 aromatic carbocycles. The summed E-state index contributed by atoms with van der Waals surface area (Å²) in [5.41, 5.74) is 0.655. The van der Waals surface area contributed by atoms with E-state index in [4.69, 9.17) is 0 Å². The minimum absolute atomic E-state index is 0.0927. The van der Waals surface area contributed by atoms with Crippen molar-refractivity contribution < 1.29 is 14.3 Å². The van der Waals surface area contributed by atoms with E-state index in [0.717, 1.165) is 10.6 Å². The molecule has 136 valence electrons. The van der Waals surface area contributed by atoms with E-state index in [2.05, 4.69) is 10.3 Å². The number of nitrogens with zero attached hydrogens (tertiary/aromatic N) is 2. The van der Waals surface area contributed by atoms with E-state index in [-0.39, 0.29) is 29.3 Å². The average molecular weight is 357 g/mol. The second kappa shape index (κ2) is 8.24. The molecule has 0 spiro atoms. The summed E-state index contributed by atoms with van der Waals surface area (Å²) in [6.45, 7) is 5.84. The lowest BCUT2D eigenvalue weighted by Crippen LogP contribution is -2.31. The molecule has 2 N–H and O–H groups in total. The van der Waals surface area contributed by atoms with Gasteiger partial charge in [0.05, 0.1) is 0 Å². The largest absolute Gasteiger partial charge is 0.504 e. The Labute approximate surface area is 150 Å². The smallest absolute Gasteiger partial charge is 0.270 e. The van der Waals surface area contributed by atoms with Crippen LogP contribution < -0.4 is 10.9 Å². The van der Waals surface area contributed by atoms with Crippen LogP contribution in [0.25, 0.3) is 5.65 Å². The molecule has 6 nitrogen and oxygen atoms in total. The summed E-state index contributed by atoms with van der Waals surface area (Å²) in [4.78, 5) is 28.6. The number of rotatable bonds is 3. The van der Waals surface area contributed by atoms with Crippen molar-refractivity contribution in [1.29, 1.82) is 0 Å². The lowest BCUT2D eigenvalue weighted by molar-refractivity contribution is 0.0949. The summed E-state index contributed by atoms with van der Waals surface area (Å²) in [5.74, 6) is -1.06. The topological polar surface area (TPSA) is 83.7 Å². The van der Waals surface area contributed by atoms with Gasteiger partial charge in [0.15, 0.2) is 11.4 Å². The Morgan fingerprint density at radius 1 is 1.23 bits per heavy atom. The van der Waals surface area contributed by atoms with Crippen LogP contribution in [-0.2, 0) is 6.54 Å². The minimum Gasteiger partial charge on any atom is -0.504 e. The molecule has 0 aliphatic carbocycles. The van der Waals surface area contributed by atoms with Crippen molar-refractivity contribution in [2.75, 3.05) is 0 Å². The van der Waals surface area contributed by atoms with Gasteiger partial charge >= 0.3 is 0 Å². The van der Waals surface area contributed by atoms with Crippen molar-refractivity contribution in [3.63, 3.8) is 0 Å². The molecule has 0 fully saturated rings. The van der Waals surface area contributed by atoms with E-state index >= 15 is 0 Å². The average Bonchev–Trinajstić information content (AvgIpc) is 2.66. The molecule has 2 heterocycles. The molecule has 3 aromatic rings. The van der Waals surface area contributed by atoms with Crippen LogP contribution in [0.15, 0.2) is 47.5 Å². The third-order valence-corrected chi connectivity index (χ3v) is 3.66. The molecule has 0 saturated carbocycles. The van der Waals surface area contributed by atoms with Gasteiger partial charge in [0.2, 0.25) is 0 Å². The number of hydrogen-bond acceptors (Lipinski definition) is 4. The Bertz CT molecular complexity index is 982. The summed E-state index contributed by atoms with van der Waals surface area (Å²) in [7, 11) is 0. The number of aromatic nitrogens is 2. The van der Waals surface area contributed by atoms with E-state index in [0.29, 0.717) is 11.1 Å². The molecule has 0 saturated heterocycles. The van der Waals surface area contributed by atoms with Crippen molar-refractivity contribution in [1.82, 2.24) is 14.7 Å². The van der Waals surface area contributed by atoms with Crippen LogP contribution in [0.5, 0.6) is 5.75 Å². The molecule has 26 heavy (non-hydrogen) atoms. The first-order chi connectivity index (χ1) is 12.5.